The normalized spacial score (nSPS) is 16.1. The first-order valence-corrected chi connectivity index (χ1v) is 7.25. The Kier molecular flexibility index (Phi) is 5.29. The number of nitrogens with zero attached hydrogens (tertiary/aromatic N) is 3. The minimum Gasteiger partial charge on any atom is -0.345 e. The molecule has 6 heteroatoms. The van der Waals surface area contributed by atoms with Gasteiger partial charge in [0.25, 0.3) is 0 Å². The molecule has 1 aliphatic rings. The van der Waals surface area contributed by atoms with Gasteiger partial charge in [-0.05, 0) is 19.8 Å². The van der Waals surface area contributed by atoms with Gasteiger partial charge in [-0.25, -0.2) is 0 Å². The number of hydrogen-bond acceptors (Lipinski definition) is 4. The summed E-state index contributed by atoms with van der Waals surface area (Å²) in [6, 6.07) is -0.118. The van der Waals surface area contributed by atoms with Crippen LogP contribution in [0.15, 0.2) is 12.7 Å². The molecule has 0 aliphatic carbocycles. The molecule has 0 fully saturated rings. The van der Waals surface area contributed by atoms with E-state index < -0.39 is 0 Å². The summed E-state index contributed by atoms with van der Waals surface area (Å²) in [6.07, 6.45) is 6.27. The summed E-state index contributed by atoms with van der Waals surface area (Å²) in [5.41, 5.74) is 0. The van der Waals surface area contributed by atoms with Crippen molar-refractivity contribution >= 4 is 5.91 Å². The monoisotopic (exact) mass is 277 g/mol. The van der Waals surface area contributed by atoms with E-state index in [1.807, 2.05) is 6.92 Å². The molecule has 1 atom stereocenters. The Balaban J connectivity index is 1.95. The molecule has 0 aromatic carbocycles. The van der Waals surface area contributed by atoms with Gasteiger partial charge in [-0.3, -0.25) is 4.79 Å². The van der Waals surface area contributed by atoms with Gasteiger partial charge in [0.05, 0.1) is 12.6 Å². The molecule has 110 valence electrons. The standard InChI is InChI=1S/C14H23N5O/c1-3-8-15-10-13(20)16-11(2)14-18-17-12-7-5-4-6-9-19(12)14/h3,11,15H,1,4-10H2,2H3,(H,16,20). The van der Waals surface area contributed by atoms with Crippen molar-refractivity contribution < 1.29 is 4.79 Å². The fraction of sp³-hybridized carbons (Fsp3) is 0.643. The molecular weight excluding hydrogens is 254 g/mol. The number of aromatic nitrogens is 3. The third kappa shape index (κ3) is 3.66. The Hall–Kier alpha value is -1.69. The van der Waals surface area contributed by atoms with Crippen molar-refractivity contribution in [3.8, 4) is 0 Å². The second kappa shape index (κ2) is 7.19. The average molecular weight is 277 g/mol. The van der Waals surface area contributed by atoms with Gasteiger partial charge in [0.1, 0.15) is 5.82 Å². The van der Waals surface area contributed by atoms with Gasteiger partial charge in [-0.2, -0.15) is 0 Å². The van der Waals surface area contributed by atoms with Crippen LogP contribution < -0.4 is 10.6 Å². The molecule has 1 aromatic rings. The smallest absolute Gasteiger partial charge is 0.234 e. The third-order valence-corrected chi connectivity index (χ3v) is 3.48. The molecule has 1 unspecified atom stereocenters. The van der Waals surface area contributed by atoms with Crippen molar-refractivity contribution in [3.63, 3.8) is 0 Å². The minimum absolute atomic E-state index is 0.0367. The lowest BCUT2D eigenvalue weighted by Gasteiger charge is -2.15. The number of rotatable bonds is 6. The van der Waals surface area contributed by atoms with Gasteiger partial charge in [-0.1, -0.05) is 12.5 Å². The molecule has 0 bridgehead atoms. The Morgan fingerprint density at radius 1 is 1.45 bits per heavy atom. The first-order valence-electron chi connectivity index (χ1n) is 7.25. The van der Waals surface area contributed by atoms with Crippen LogP contribution in [0.4, 0.5) is 0 Å². The lowest BCUT2D eigenvalue weighted by atomic mass is 10.2. The number of carbonyl (C=O) groups excluding carboxylic acids is 1. The van der Waals surface area contributed by atoms with E-state index in [-0.39, 0.29) is 18.5 Å². The van der Waals surface area contributed by atoms with E-state index in [2.05, 4.69) is 32.0 Å². The number of amides is 1. The van der Waals surface area contributed by atoms with Gasteiger partial charge in [-0.15, -0.1) is 16.8 Å². The molecule has 0 spiro atoms. The zero-order chi connectivity index (χ0) is 14.4. The Labute approximate surface area is 119 Å². The van der Waals surface area contributed by atoms with Crippen molar-refractivity contribution in [2.45, 2.75) is 45.2 Å². The lowest BCUT2D eigenvalue weighted by Crippen LogP contribution is -2.36. The van der Waals surface area contributed by atoms with Crippen LogP contribution in [0, 0.1) is 0 Å². The lowest BCUT2D eigenvalue weighted by molar-refractivity contribution is -0.120. The van der Waals surface area contributed by atoms with Crippen molar-refractivity contribution in [1.29, 1.82) is 0 Å². The van der Waals surface area contributed by atoms with Gasteiger partial charge >= 0.3 is 0 Å². The third-order valence-electron chi connectivity index (χ3n) is 3.48. The van der Waals surface area contributed by atoms with E-state index in [0.717, 1.165) is 31.0 Å². The molecule has 0 radical (unpaired) electrons. The van der Waals surface area contributed by atoms with Gasteiger partial charge in [0, 0.05) is 19.5 Å². The largest absolute Gasteiger partial charge is 0.345 e. The summed E-state index contributed by atoms with van der Waals surface area (Å²) in [6.45, 7) is 7.42. The Morgan fingerprint density at radius 3 is 3.10 bits per heavy atom. The van der Waals surface area contributed by atoms with Crippen LogP contribution in [0.5, 0.6) is 0 Å². The second-order valence-corrected chi connectivity index (χ2v) is 5.15. The molecule has 1 amide bonds. The van der Waals surface area contributed by atoms with E-state index in [9.17, 15) is 4.79 Å². The Morgan fingerprint density at radius 2 is 2.30 bits per heavy atom. The maximum Gasteiger partial charge on any atom is 0.234 e. The quantitative estimate of drug-likeness (QED) is 0.600. The molecule has 0 saturated carbocycles. The second-order valence-electron chi connectivity index (χ2n) is 5.15. The number of carbonyl (C=O) groups is 1. The molecule has 2 rings (SSSR count). The topological polar surface area (TPSA) is 71.8 Å². The van der Waals surface area contributed by atoms with Crippen LogP contribution in [0.1, 0.15) is 43.9 Å². The molecule has 1 aromatic heterocycles. The summed E-state index contributed by atoms with van der Waals surface area (Å²) in [5.74, 6) is 1.87. The number of aryl methyl sites for hydroxylation is 1. The van der Waals surface area contributed by atoms with E-state index >= 15 is 0 Å². The highest BCUT2D eigenvalue weighted by atomic mass is 16.2. The highest BCUT2D eigenvalue weighted by molar-refractivity contribution is 5.78. The summed E-state index contributed by atoms with van der Waals surface area (Å²) >= 11 is 0. The number of hydrogen-bond donors (Lipinski definition) is 2. The zero-order valence-electron chi connectivity index (χ0n) is 12.1. The van der Waals surface area contributed by atoms with Crippen LogP contribution in [0.3, 0.4) is 0 Å². The fourth-order valence-electron chi connectivity index (χ4n) is 2.47. The number of nitrogens with one attached hydrogen (secondary N) is 2. The maximum atomic E-state index is 11.8. The number of fused-ring (bicyclic) bond motifs is 1. The molecule has 2 N–H and O–H groups in total. The van der Waals surface area contributed by atoms with Crippen molar-refractivity contribution in [2.24, 2.45) is 0 Å². The fourth-order valence-corrected chi connectivity index (χ4v) is 2.47. The summed E-state index contributed by atoms with van der Waals surface area (Å²) < 4.78 is 2.16. The van der Waals surface area contributed by atoms with E-state index in [4.69, 9.17) is 0 Å². The van der Waals surface area contributed by atoms with Gasteiger partial charge in [0.2, 0.25) is 5.91 Å². The molecule has 0 saturated heterocycles. The maximum absolute atomic E-state index is 11.8. The summed E-state index contributed by atoms with van der Waals surface area (Å²) in [4.78, 5) is 11.8. The van der Waals surface area contributed by atoms with Gasteiger partial charge < -0.3 is 15.2 Å². The van der Waals surface area contributed by atoms with E-state index in [0.29, 0.717) is 6.54 Å². The average Bonchev–Trinajstić information content (AvgIpc) is 2.68. The first-order chi connectivity index (χ1) is 9.72. The molecule has 20 heavy (non-hydrogen) atoms. The predicted octanol–water partition coefficient (Wildman–Crippen LogP) is 0.957. The summed E-state index contributed by atoms with van der Waals surface area (Å²) in [5, 5.41) is 14.4. The highest BCUT2D eigenvalue weighted by Crippen LogP contribution is 2.18. The minimum atomic E-state index is -0.118. The summed E-state index contributed by atoms with van der Waals surface area (Å²) in [7, 11) is 0. The van der Waals surface area contributed by atoms with Crippen LogP contribution in [0.2, 0.25) is 0 Å². The highest BCUT2D eigenvalue weighted by Gasteiger charge is 2.20. The van der Waals surface area contributed by atoms with Crippen LogP contribution in [0.25, 0.3) is 0 Å². The molecule has 1 aliphatic heterocycles. The van der Waals surface area contributed by atoms with Crippen LogP contribution in [-0.2, 0) is 17.8 Å². The Bertz CT molecular complexity index is 468. The van der Waals surface area contributed by atoms with Gasteiger partial charge in [0.15, 0.2) is 5.82 Å². The predicted molar refractivity (Wildman–Crippen MR) is 77.2 cm³/mol. The van der Waals surface area contributed by atoms with Crippen molar-refractivity contribution in [1.82, 2.24) is 25.4 Å². The van der Waals surface area contributed by atoms with E-state index in [1.165, 1.54) is 12.8 Å². The van der Waals surface area contributed by atoms with Crippen molar-refractivity contribution in [2.75, 3.05) is 13.1 Å². The molecule has 6 nitrogen and oxygen atoms in total. The SMILES string of the molecule is C=CCNCC(=O)NC(C)c1nnc2n1CCCCC2. The zero-order valence-corrected chi connectivity index (χ0v) is 12.1. The first kappa shape index (κ1) is 14.7. The van der Waals surface area contributed by atoms with Crippen molar-refractivity contribution in [3.05, 3.63) is 24.3 Å². The van der Waals surface area contributed by atoms with Crippen LogP contribution >= 0.6 is 0 Å². The molecule has 2 heterocycles. The van der Waals surface area contributed by atoms with Crippen LogP contribution in [-0.4, -0.2) is 33.8 Å². The molecular formula is C14H23N5O. The van der Waals surface area contributed by atoms with E-state index in [1.54, 1.807) is 6.08 Å².